The monoisotopic (exact) mass is 773 g/mol. The van der Waals surface area contributed by atoms with E-state index in [0.29, 0.717) is 25.1 Å². The molecule has 0 unspecified atom stereocenters. The zero-order valence-electron chi connectivity index (χ0n) is 32.2. The van der Waals surface area contributed by atoms with Gasteiger partial charge >= 0.3 is 5.97 Å². The van der Waals surface area contributed by atoms with Gasteiger partial charge in [-0.25, -0.2) is 13.4 Å². The predicted octanol–water partition coefficient (Wildman–Crippen LogP) is 6.70. The highest BCUT2D eigenvalue weighted by molar-refractivity contribution is 7.90. The van der Waals surface area contributed by atoms with Crippen molar-refractivity contribution in [1.29, 1.82) is 0 Å². The first kappa shape index (κ1) is 39.2. The fraction of sp³-hybridized carbons (Fsp3) is 0.605. The maximum atomic E-state index is 14.9. The Morgan fingerprint density at radius 3 is 2.58 bits per heavy atom. The lowest BCUT2D eigenvalue weighted by Gasteiger charge is -2.34. The minimum Gasteiger partial charge on any atom is -0.472 e. The third kappa shape index (κ3) is 8.84. The number of esters is 1. The molecule has 1 N–H and O–H groups in total. The summed E-state index contributed by atoms with van der Waals surface area (Å²) in [6, 6.07) is 7.08. The van der Waals surface area contributed by atoms with Crippen LogP contribution >= 0.6 is 0 Å². The number of nitrogens with zero attached hydrogens (tertiary/aromatic N) is 2. The maximum absolute atomic E-state index is 14.9. The number of fused-ring (bicyclic) bond motifs is 3. The van der Waals surface area contributed by atoms with Crippen molar-refractivity contribution in [2.24, 2.45) is 28.6 Å². The highest BCUT2D eigenvalue weighted by atomic mass is 32.2. The van der Waals surface area contributed by atoms with Gasteiger partial charge in [0.15, 0.2) is 5.78 Å². The van der Waals surface area contributed by atoms with Gasteiger partial charge in [-0.3, -0.25) is 23.9 Å². The van der Waals surface area contributed by atoms with Crippen molar-refractivity contribution < 1.29 is 37.1 Å². The number of ether oxygens (including phenoxy) is 2. The first-order valence-electron chi connectivity index (χ1n) is 20.2. The highest BCUT2D eigenvalue weighted by Crippen LogP contribution is 2.57. The largest absolute Gasteiger partial charge is 0.472 e. The van der Waals surface area contributed by atoms with Crippen molar-refractivity contribution in [1.82, 2.24) is 14.6 Å². The molecule has 5 aliphatic rings. The summed E-state index contributed by atoms with van der Waals surface area (Å²) in [4.78, 5) is 62.9. The van der Waals surface area contributed by atoms with Gasteiger partial charge in [0.1, 0.15) is 6.10 Å². The zero-order chi connectivity index (χ0) is 39.0. The molecule has 1 saturated heterocycles. The van der Waals surface area contributed by atoms with Crippen LogP contribution in [0.1, 0.15) is 109 Å². The molecule has 1 aromatic heterocycles. The van der Waals surface area contributed by atoms with Crippen LogP contribution in [0, 0.1) is 28.6 Å². The molecule has 1 aromatic carbocycles. The van der Waals surface area contributed by atoms with Gasteiger partial charge in [-0.2, -0.15) is 0 Å². The Morgan fingerprint density at radius 1 is 1.07 bits per heavy atom. The van der Waals surface area contributed by atoms with E-state index in [2.05, 4.69) is 42.3 Å². The third-order valence-electron chi connectivity index (χ3n) is 12.6. The third-order valence-corrected chi connectivity index (χ3v) is 14.4. The Bertz CT molecular complexity index is 1970. The van der Waals surface area contributed by atoms with Crippen molar-refractivity contribution >= 4 is 50.4 Å². The minimum atomic E-state index is -3.84. The molecule has 3 heterocycles. The first-order valence-corrected chi connectivity index (χ1v) is 21.7. The van der Waals surface area contributed by atoms with Crippen LogP contribution < -0.4 is 9.46 Å². The molecule has 7 rings (SSSR count). The summed E-state index contributed by atoms with van der Waals surface area (Å²) >= 11 is 0. The van der Waals surface area contributed by atoms with Crippen LogP contribution in [0.3, 0.4) is 0 Å². The molecular formula is C43H55N3O8S. The second-order valence-electron chi connectivity index (χ2n) is 17.4. The number of amides is 2. The number of rotatable bonds is 8. The second kappa shape index (κ2) is 15.8. The Kier molecular flexibility index (Phi) is 11.3. The average molecular weight is 774 g/mol. The van der Waals surface area contributed by atoms with Crippen molar-refractivity contribution in [3.05, 3.63) is 54.8 Å². The van der Waals surface area contributed by atoms with E-state index in [0.717, 1.165) is 67.7 Å². The Balaban J connectivity index is 1.22. The van der Waals surface area contributed by atoms with Crippen molar-refractivity contribution in [3.63, 3.8) is 0 Å². The number of pyridine rings is 1. The summed E-state index contributed by atoms with van der Waals surface area (Å²) in [5, 5.41) is 1.16. The van der Waals surface area contributed by atoms with Gasteiger partial charge in [0, 0.05) is 24.4 Å². The molecule has 12 heteroatoms. The van der Waals surface area contributed by atoms with E-state index in [1.54, 1.807) is 17.2 Å². The SMILES string of the molecule is C=C[C@H]1C[C@]1(CC(=O)[C@@H]1C[C@@H]2CN1C(=O)[C@H](C1CCCCC1)CC(=O)OCC(C)(C)CCC/C=C/c1ccc3ccnc(c3c1)O2)C(=O)NS(=O)(=O)C1CC1. The predicted molar refractivity (Wildman–Crippen MR) is 209 cm³/mol. The quantitative estimate of drug-likeness (QED) is 0.229. The summed E-state index contributed by atoms with van der Waals surface area (Å²) in [6.45, 7) is 8.37. The van der Waals surface area contributed by atoms with Crippen LogP contribution in [0.4, 0.5) is 0 Å². The van der Waals surface area contributed by atoms with E-state index in [4.69, 9.17) is 9.47 Å². The maximum Gasteiger partial charge on any atom is 0.306 e. The molecule has 5 atom stereocenters. The summed E-state index contributed by atoms with van der Waals surface area (Å²) in [5.74, 6) is -2.44. The van der Waals surface area contributed by atoms with E-state index in [9.17, 15) is 27.6 Å². The molecule has 4 bridgehead atoms. The average Bonchev–Trinajstić information content (AvgIpc) is 4.09. The number of aromatic nitrogens is 1. The number of ketones is 1. The number of carbonyl (C=O) groups is 4. The lowest BCUT2D eigenvalue weighted by molar-refractivity contribution is -0.154. The number of carbonyl (C=O) groups excluding carboxylic acids is 4. The fourth-order valence-corrected chi connectivity index (χ4v) is 10.3. The fourth-order valence-electron chi connectivity index (χ4n) is 8.96. The smallest absolute Gasteiger partial charge is 0.306 e. The Morgan fingerprint density at radius 2 is 1.85 bits per heavy atom. The number of hydrogen-bond donors (Lipinski definition) is 1. The van der Waals surface area contributed by atoms with Crippen LogP contribution in [-0.4, -0.2) is 72.4 Å². The summed E-state index contributed by atoms with van der Waals surface area (Å²) < 4.78 is 40.3. The molecular weight excluding hydrogens is 719 g/mol. The van der Waals surface area contributed by atoms with Crippen molar-refractivity contribution in [3.8, 4) is 5.88 Å². The molecule has 11 nitrogen and oxygen atoms in total. The molecule has 3 saturated carbocycles. The van der Waals surface area contributed by atoms with Gasteiger partial charge in [-0.15, -0.1) is 6.58 Å². The Hall–Kier alpha value is -4.06. The Labute approximate surface area is 324 Å². The minimum absolute atomic E-state index is 0.0429. The van der Waals surface area contributed by atoms with Crippen LogP contribution in [-0.2, 0) is 33.9 Å². The molecule has 296 valence electrons. The van der Waals surface area contributed by atoms with E-state index < -0.39 is 50.6 Å². The number of Topliss-reactive ketones (excluding diaryl/α,β-unsaturated/α-hetero) is 1. The van der Waals surface area contributed by atoms with Crippen molar-refractivity contribution in [2.45, 2.75) is 121 Å². The highest BCUT2D eigenvalue weighted by Gasteiger charge is 2.61. The van der Waals surface area contributed by atoms with E-state index >= 15 is 0 Å². The van der Waals surface area contributed by atoms with Crippen LogP contribution in [0.15, 0.2) is 49.2 Å². The standard InChI is InChI=1S/C43H55N3O8S/c1-4-31-24-43(31,41(50)45-55(51,52)33-16-17-33)25-37(47)36-22-32-26-46(36)40(49)35(29-12-8-5-9-13-29)23-38(48)53-27-42(2,3)19-10-6-7-11-28-14-15-30-18-20-44-39(54-32)34(30)21-28/h4,7,11,14-15,18,20-21,29,31-33,35-36H,1,5-6,8-10,12-13,16-17,19,22-27H2,2-3H3,(H,45,50)/b11-7+/t31-,32+,35-,36-,43+/m0/s1. The molecule has 2 aromatic rings. The molecule has 2 amide bonds. The van der Waals surface area contributed by atoms with E-state index in [1.807, 2.05) is 24.3 Å². The van der Waals surface area contributed by atoms with Crippen LogP contribution in [0.2, 0.25) is 0 Å². The van der Waals surface area contributed by atoms with Gasteiger partial charge in [-0.1, -0.05) is 63.5 Å². The normalized spacial score (nSPS) is 29.9. The van der Waals surface area contributed by atoms with Gasteiger partial charge in [0.2, 0.25) is 27.7 Å². The molecule has 3 aliphatic carbocycles. The van der Waals surface area contributed by atoms with Crippen LogP contribution in [0.5, 0.6) is 5.88 Å². The topological polar surface area (TPSA) is 149 Å². The zero-order valence-corrected chi connectivity index (χ0v) is 33.0. The van der Waals surface area contributed by atoms with Gasteiger partial charge < -0.3 is 14.4 Å². The molecule has 55 heavy (non-hydrogen) atoms. The van der Waals surface area contributed by atoms with Crippen molar-refractivity contribution in [2.75, 3.05) is 13.2 Å². The van der Waals surface area contributed by atoms with Gasteiger partial charge in [0.05, 0.1) is 42.2 Å². The number of cyclic esters (lactones) is 1. The molecule has 0 radical (unpaired) electrons. The summed E-state index contributed by atoms with van der Waals surface area (Å²) in [6.07, 6.45) is 15.2. The van der Waals surface area contributed by atoms with E-state index in [-0.39, 0.29) is 61.4 Å². The number of nitrogens with one attached hydrogen (secondary N) is 1. The van der Waals surface area contributed by atoms with E-state index in [1.165, 1.54) is 0 Å². The second-order valence-corrected chi connectivity index (χ2v) is 19.4. The van der Waals surface area contributed by atoms with Gasteiger partial charge in [0.25, 0.3) is 0 Å². The summed E-state index contributed by atoms with van der Waals surface area (Å²) in [5.41, 5.74) is -0.520. The first-order chi connectivity index (χ1) is 26.3. The lowest BCUT2D eigenvalue weighted by atomic mass is 9.77. The number of sulfonamides is 1. The summed E-state index contributed by atoms with van der Waals surface area (Å²) in [7, 11) is -3.84. The number of hydrogen-bond acceptors (Lipinski definition) is 9. The molecule has 2 aliphatic heterocycles. The number of allylic oxidation sites excluding steroid dienone is 2. The van der Waals surface area contributed by atoms with Crippen LogP contribution in [0.25, 0.3) is 16.8 Å². The number of benzene rings is 1. The molecule has 0 spiro atoms. The molecule has 4 fully saturated rings. The lowest BCUT2D eigenvalue weighted by Crippen LogP contribution is -2.48. The van der Waals surface area contributed by atoms with Gasteiger partial charge in [-0.05, 0) is 91.7 Å².